The second kappa shape index (κ2) is 41.7. The van der Waals surface area contributed by atoms with Gasteiger partial charge in [-0.15, -0.1) is 0 Å². The highest BCUT2D eigenvalue weighted by molar-refractivity contribution is 5.88. The lowest BCUT2D eigenvalue weighted by Crippen LogP contribution is -2.53. The highest BCUT2D eigenvalue weighted by Gasteiger charge is 2.50. The first-order chi connectivity index (χ1) is 35.7. The second-order valence-corrected chi connectivity index (χ2v) is 21.8. The minimum atomic E-state index is -0.992. The molecule has 418 valence electrons. The van der Waals surface area contributed by atoms with Gasteiger partial charge < -0.3 is 29.2 Å². The van der Waals surface area contributed by atoms with Crippen LogP contribution in [0.15, 0.2) is 30.3 Å². The first-order valence-electron chi connectivity index (χ1n) is 30.5. The molecule has 1 unspecified atom stereocenters. The number of fused-ring (bicyclic) bond motifs is 1. The first-order valence-corrected chi connectivity index (χ1v) is 30.5. The SMILES string of the molecule is CCCCCCCCCCCCCCCCCC(=O)OCC(COC(=O)CCCCCCCCCCCCCCCCC)OC(=O)[C@@H]1C[C@@H]2CCC[C@@H]2N1C(=O)[C@H](C)NCCC(C(=O)OCC)c1ccccc1. The van der Waals surface area contributed by atoms with E-state index in [9.17, 15) is 24.0 Å². The molecule has 11 nitrogen and oxygen atoms in total. The monoisotopic (exact) mass is 1020 g/mol. The number of benzene rings is 1. The van der Waals surface area contributed by atoms with Gasteiger partial charge in [-0.25, -0.2) is 4.79 Å². The smallest absolute Gasteiger partial charge is 0.329 e. The molecule has 1 aliphatic heterocycles. The first kappa shape index (κ1) is 63.8. The molecule has 0 spiro atoms. The third-order valence-electron chi connectivity index (χ3n) is 15.5. The summed E-state index contributed by atoms with van der Waals surface area (Å²) in [7, 11) is 0. The van der Waals surface area contributed by atoms with Crippen LogP contribution in [0.25, 0.3) is 0 Å². The minimum absolute atomic E-state index is 0.0789. The number of rotatable bonds is 46. The van der Waals surface area contributed by atoms with E-state index in [1.807, 2.05) is 30.3 Å². The third-order valence-corrected chi connectivity index (χ3v) is 15.5. The van der Waals surface area contributed by atoms with E-state index in [0.29, 0.717) is 19.4 Å². The van der Waals surface area contributed by atoms with Crippen molar-refractivity contribution in [2.45, 2.75) is 295 Å². The summed E-state index contributed by atoms with van der Waals surface area (Å²) in [6, 6.07) is 8.02. The standard InChI is InChI=1S/C62H106N2O9/c1-5-8-10-12-14-16-18-20-22-24-26-28-30-32-37-44-58(65)71-49-54(50-72-59(66)45-38-33-31-29-27-25-23-21-19-17-15-13-11-9-6-2)73-62(69)57-48-53-42-39-43-56(53)64(57)60(67)51(4)63-47-46-55(61(68)70-7-3)52-40-35-34-36-41-52/h34-36,40-41,51,53-57,63H,5-33,37-39,42-50H2,1-4H3/t51-,53-,55?,56-,57-/m0/s1. The van der Waals surface area contributed by atoms with Crippen LogP contribution >= 0.6 is 0 Å². The van der Waals surface area contributed by atoms with Crippen LogP contribution < -0.4 is 5.32 Å². The van der Waals surface area contributed by atoms with Crippen LogP contribution in [0, 0.1) is 5.92 Å². The molecule has 1 aromatic carbocycles. The Labute approximate surface area is 444 Å². The molecule has 1 aromatic rings. The van der Waals surface area contributed by atoms with Gasteiger partial charge in [-0.05, 0) is 70.4 Å². The Morgan fingerprint density at radius 3 is 1.45 bits per heavy atom. The van der Waals surface area contributed by atoms with Crippen LogP contribution in [0.1, 0.15) is 277 Å². The van der Waals surface area contributed by atoms with Gasteiger partial charge in [0, 0.05) is 18.9 Å². The normalized spacial score (nSPS) is 17.1. The summed E-state index contributed by atoms with van der Waals surface area (Å²) in [5.41, 5.74) is 0.860. The van der Waals surface area contributed by atoms with Gasteiger partial charge in [0.15, 0.2) is 6.10 Å². The minimum Gasteiger partial charge on any atom is -0.466 e. The van der Waals surface area contributed by atoms with E-state index in [1.165, 1.54) is 154 Å². The number of hydrogen-bond donors (Lipinski definition) is 1. The number of likely N-dealkylation sites (tertiary alicyclic amines) is 1. The lowest BCUT2D eigenvalue weighted by Gasteiger charge is -2.32. The molecule has 2 fully saturated rings. The Balaban J connectivity index is 1.47. The maximum absolute atomic E-state index is 14.3. The Hall–Kier alpha value is -3.47. The number of nitrogens with zero attached hydrogens (tertiary/aromatic N) is 1. The van der Waals surface area contributed by atoms with Crippen molar-refractivity contribution in [1.82, 2.24) is 10.2 Å². The van der Waals surface area contributed by atoms with Gasteiger partial charge in [-0.2, -0.15) is 0 Å². The molecule has 5 atom stereocenters. The van der Waals surface area contributed by atoms with Crippen LogP contribution in [-0.2, 0) is 42.9 Å². The molecule has 0 bridgehead atoms. The molecule has 1 heterocycles. The molecule has 2 aliphatic rings. The van der Waals surface area contributed by atoms with Gasteiger partial charge in [-0.1, -0.05) is 230 Å². The van der Waals surface area contributed by atoms with Crippen LogP contribution in [0.4, 0.5) is 0 Å². The number of carbonyl (C=O) groups excluding carboxylic acids is 5. The fourth-order valence-electron chi connectivity index (χ4n) is 11.1. The van der Waals surface area contributed by atoms with Crippen molar-refractivity contribution in [2.75, 3.05) is 26.4 Å². The maximum Gasteiger partial charge on any atom is 0.329 e. The average Bonchev–Trinajstić information content (AvgIpc) is 4.01. The fourth-order valence-corrected chi connectivity index (χ4v) is 11.1. The topological polar surface area (TPSA) is 138 Å². The molecule has 0 radical (unpaired) electrons. The molecule has 0 aromatic heterocycles. The molecule has 1 saturated carbocycles. The van der Waals surface area contributed by atoms with Gasteiger partial charge in [0.05, 0.1) is 18.6 Å². The largest absolute Gasteiger partial charge is 0.466 e. The van der Waals surface area contributed by atoms with Gasteiger partial charge in [0.25, 0.3) is 0 Å². The lowest BCUT2D eigenvalue weighted by molar-refractivity contribution is -0.171. The van der Waals surface area contributed by atoms with E-state index in [2.05, 4.69) is 19.2 Å². The van der Waals surface area contributed by atoms with Crippen LogP contribution in [0.5, 0.6) is 0 Å². The van der Waals surface area contributed by atoms with Crippen LogP contribution in [-0.4, -0.2) is 85.3 Å². The zero-order chi connectivity index (χ0) is 52.6. The van der Waals surface area contributed by atoms with Gasteiger partial charge in [-0.3, -0.25) is 19.2 Å². The second-order valence-electron chi connectivity index (χ2n) is 21.8. The fraction of sp³-hybridized carbons (Fsp3) is 0.823. The summed E-state index contributed by atoms with van der Waals surface area (Å²) < 4.78 is 22.8. The van der Waals surface area contributed by atoms with Crippen molar-refractivity contribution in [1.29, 1.82) is 0 Å². The molecular formula is C62H106N2O9. The Morgan fingerprint density at radius 1 is 0.575 bits per heavy atom. The van der Waals surface area contributed by atoms with E-state index >= 15 is 0 Å². The van der Waals surface area contributed by atoms with E-state index < -0.39 is 30.1 Å². The third kappa shape index (κ3) is 28.3. The van der Waals surface area contributed by atoms with E-state index in [0.717, 1.165) is 63.4 Å². The number of ether oxygens (including phenoxy) is 4. The highest BCUT2D eigenvalue weighted by Crippen LogP contribution is 2.42. The number of amides is 1. The van der Waals surface area contributed by atoms with Crippen molar-refractivity contribution in [3.05, 3.63) is 35.9 Å². The van der Waals surface area contributed by atoms with Crippen molar-refractivity contribution >= 4 is 29.8 Å². The van der Waals surface area contributed by atoms with Crippen LogP contribution in [0.3, 0.4) is 0 Å². The number of nitrogens with one attached hydrogen (secondary N) is 1. The molecule has 1 N–H and O–H groups in total. The van der Waals surface area contributed by atoms with E-state index in [1.54, 1.807) is 18.7 Å². The van der Waals surface area contributed by atoms with Crippen molar-refractivity contribution < 1.29 is 42.9 Å². The number of esters is 4. The number of unbranched alkanes of at least 4 members (excludes halogenated alkanes) is 28. The molecule has 1 amide bonds. The summed E-state index contributed by atoms with van der Waals surface area (Å²) >= 11 is 0. The highest BCUT2D eigenvalue weighted by atomic mass is 16.6. The molecule has 1 saturated heterocycles. The summed E-state index contributed by atoms with van der Waals surface area (Å²) in [5.74, 6) is -2.06. The van der Waals surface area contributed by atoms with Crippen LogP contribution in [0.2, 0.25) is 0 Å². The molecule has 11 heteroatoms. The average molecular weight is 1020 g/mol. The molecule has 1 aliphatic carbocycles. The summed E-state index contributed by atoms with van der Waals surface area (Å²) in [6.45, 7) is 8.35. The Kier molecular flexibility index (Phi) is 36.5. The van der Waals surface area contributed by atoms with E-state index in [4.69, 9.17) is 18.9 Å². The molecular weight excluding hydrogens is 917 g/mol. The quantitative estimate of drug-likeness (QED) is 0.0382. The summed E-state index contributed by atoms with van der Waals surface area (Å²) in [4.78, 5) is 69.1. The van der Waals surface area contributed by atoms with Gasteiger partial charge in [0.1, 0.15) is 19.3 Å². The zero-order valence-corrected chi connectivity index (χ0v) is 47.0. The lowest BCUT2D eigenvalue weighted by atomic mass is 9.95. The van der Waals surface area contributed by atoms with Crippen molar-refractivity contribution in [3.63, 3.8) is 0 Å². The molecule has 3 rings (SSSR count). The van der Waals surface area contributed by atoms with E-state index in [-0.39, 0.29) is 68.4 Å². The zero-order valence-electron chi connectivity index (χ0n) is 47.0. The maximum atomic E-state index is 14.3. The summed E-state index contributed by atoms with van der Waals surface area (Å²) in [5, 5.41) is 3.33. The van der Waals surface area contributed by atoms with Crippen molar-refractivity contribution in [2.24, 2.45) is 5.92 Å². The Morgan fingerprint density at radius 2 is 1.01 bits per heavy atom. The molecule has 73 heavy (non-hydrogen) atoms. The van der Waals surface area contributed by atoms with Gasteiger partial charge >= 0.3 is 23.9 Å². The van der Waals surface area contributed by atoms with Gasteiger partial charge in [0.2, 0.25) is 5.91 Å². The van der Waals surface area contributed by atoms with Crippen molar-refractivity contribution in [3.8, 4) is 0 Å². The Bertz CT molecular complexity index is 1540. The predicted octanol–water partition coefficient (Wildman–Crippen LogP) is 15.0. The summed E-state index contributed by atoms with van der Waals surface area (Å²) in [6.07, 6.45) is 40.5. The number of hydrogen-bond acceptors (Lipinski definition) is 10. The predicted molar refractivity (Wildman–Crippen MR) is 295 cm³/mol. The number of carbonyl (C=O) groups is 5.